The molecule has 7 heteroatoms. The summed E-state index contributed by atoms with van der Waals surface area (Å²) in [4.78, 5) is 39.5. The van der Waals surface area contributed by atoms with E-state index >= 15 is 0 Å². The Morgan fingerprint density at radius 3 is 2.29 bits per heavy atom. The topological polar surface area (TPSA) is 87.7 Å². The first-order chi connectivity index (χ1) is 16.2. The summed E-state index contributed by atoms with van der Waals surface area (Å²) in [6, 6.07) is 21.3. The third-order valence-electron chi connectivity index (χ3n) is 5.29. The molecule has 2 N–H and O–H groups in total. The minimum Gasteiger partial charge on any atom is -0.444 e. The van der Waals surface area contributed by atoms with Crippen LogP contribution in [0.2, 0.25) is 0 Å². The third-order valence-corrected chi connectivity index (χ3v) is 5.29. The van der Waals surface area contributed by atoms with Crippen molar-refractivity contribution in [1.82, 2.24) is 0 Å². The second-order valence-corrected chi connectivity index (χ2v) is 9.07. The third kappa shape index (κ3) is 5.43. The first-order valence-electron chi connectivity index (χ1n) is 11.1. The van der Waals surface area contributed by atoms with Crippen molar-refractivity contribution < 1.29 is 19.1 Å². The SMILES string of the molecule is CC(C)(C)OC(=O)Nc1cccc(C(=O)Nc2ccc(C(=O)N3CCc4ccccc43)cc2)c1. The number of anilines is 3. The number of amides is 3. The Kier molecular flexibility index (Phi) is 6.36. The lowest BCUT2D eigenvalue weighted by atomic mass is 10.1. The van der Waals surface area contributed by atoms with Crippen molar-refractivity contribution >= 4 is 35.0 Å². The van der Waals surface area contributed by atoms with Crippen LogP contribution in [0.5, 0.6) is 0 Å². The largest absolute Gasteiger partial charge is 0.444 e. The van der Waals surface area contributed by atoms with Crippen LogP contribution >= 0.6 is 0 Å². The molecule has 34 heavy (non-hydrogen) atoms. The first-order valence-corrected chi connectivity index (χ1v) is 11.1. The molecule has 3 amide bonds. The van der Waals surface area contributed by atoms with Crippen molar-refractivity contribution in [3.8, 4) is 0 Å². The van der Waals surface area contributed by atoms with Gasteiger partial charge in [-0.05, 0) is 81.3 Å². The van der Waals surface area contributed by atoms with Crippen molar-refractivity contribution in [3.05, 3.63) is 89.5 Å². The quantitative estimate of drug-likeness (QED) is 0.542. The van der Waals surface area contributed by atoms with E-state index in [-0.39, 0.29) is 11.8 Å². The van der Waals surface area contributed by atoms with E-state index in [2.05, 4.69) is 10.6 Å². The van der Waals surface area contributed by atoms with Crippen LogP contribution in [-0.2, 0) is 11.2 Å². The summed E-state index contributed by atoms with van der Waals surface area (Å²) in [5.41, 5.74) is 3.45. The molecule has 1 aliphatic rings. The van der Waals surface area contributed by atoms with E-state index in [1.165, 1.54) is 5.56 Å². The molecule has 1 aliphatic heterocycles. The summed E-state index contributed by atoms with van der Waals surface area (Å²) in [7, 11) is 0. The molecule has 0 aliphatic carbocycles. The molecule has 7 nitrogen and oxygen atoms in total. The van der Waals surface area contributed by atoms with Gasteiger partial charge in [0.2, 0.25) is 0 Å². The number of carbonyl (C=O) groups excluding carboxylic acids is 3. The number of hydrogen-bond acceptors (Lipinski definition) is 4. The van der Waals surface area contributed by atoms with E-state index in [1.807, 2.05) is 24.3 Å². The summed E-state index contributed by atoms with van der Waals surface area (Å²) >= 11 is 0. The molecule has 1 heterocycles. The van der Waals surface area contributed by atoms with Crippen LogP contribution < -0.4 is 15.5 Å². The van der Waals surface area contributed by atoms with Gasteiger partial charge in [-0.25, -0.2) is 4.79 Å². The highest BCUT2D eigenvalue weighted by Crippen LogP contribution is 2.29. The van der Waals surface area contributed by atoms with E-state index in [0.29, 0.717) is 29.0 Å². The van der Waals surface area contributed by atoms with Gasteiger partial charge in [-0.2, -0.15) is 0 Å². The molecule has 0 unspecified atom stereocenters. The monoisotopic (exact) mass is 457 g/mol. The predicted molar refractivity (Wildman–Crippen MR) is 133 cm³/mol. The Morgan fingerprint density at radius 1 is 0.824 bits per heavy atom. The maximum atomic E-state index is 13.0. The van der Waals surface area contributed by atoms with Gasteiger partial charge in [0, 0.05) is 34.7 Å². The van der Waals surface area contributed by atoms with E-state index < -0.39 is 11.7 Å². The lowest BCUT2D eigenvalue weighted by Gasteiger charge is -2.19. The Labute approximate surface area is 198 Å². The summed E-state index contributed by atoms with van der Waals surface area (Å²) in [5.74, 6) is -0.399. The molecule has 0 radical (unpaired) electrons. The molecule has 0 fully saturated rings. The number of benzene rings is 3. The smallest absolute Gasteiger partial charge is 0.412 e. The predicted octanol–water partition coefficient (Wildman–Crippen LogP) is 5.49. The zero-order valence-electron chi connectivity index (χ0n) is 19.4. The average Bonchev–Trinajstić information content (AvgIpc) is 3.22. The van der Waals surface area contributed by atoms with Gasteiger partial charge in [-0.1, -0.05) is 24.3 Å². The summed E-state index contributed by atoms with van der Waals surface area (Å²) in [5, 5.41) is 5.45. The van der Waals surface area contributed by atoms with Gasteiger partial charge in [-0.3, -0.25) is 14.9 Å². The molecule has 0 saturated heterocycles. The van der Waals surface area contributed by atoms with Crippen LogP contribution in [0.3, 0.4) is 0 Å². The summed E-state index contributed by atoms with van der Waals surface area (Å²) < 4.78 is 5.24. The highest BCUT2D eigenvalue weighted by Gasteiger charge is 2.25. The Balaban J connectivity index is 1.40. The molecule has 0 aromatic heterocycles. The number of para-hydroxylation sites is 1. The highest BCUT2D eigenvalue weighted by molar-refractivity contribution is 6.08. The molecule has 174 valence electrons. The number of fused-ring (bicyclic) bond motifs is 1. The molecule has 0 bridgehead atoms. The number of carbonyl (C=O) groups is 3. The van der Waals surface area contributed by atoms with Crippen LogP contribution in [0.4, 0.5) is 21.9 Å². The van der Waals surface area contributed by atoms with Crippen molar-refractivity contribution in [2.24, 2.45) is 0 Å². The average molecular weight is 458 g/mol. The number of nitrogens with one attached hydrogen (secondary N) is 2. The van der Waals surface area contributed by atoms with E-state index in [4.69, 9.17) is 4.74 Å². The van der Waals surface area contributed by atoms with Gasteiger partial charge in [0.1, 0.15) is 5.60 Å². The molecular weight excluding hydrogens is 430 g/mol. The molecular formula is C27H27N3O4. The summed E-state index contributed by atoms with van der Waals surface area (Å²) in [6.45, 7) is 5.99. The lowest BCUT2D eigenvalue weighted by molar-refractivity contribution is 0.0635. The first kappa shape index (κ1) is 23.0. The maximum Gasteiger partial charge on any atom is 0.412 e. The van der Waals surface area contributed by atoms with Crippen LogP contribution in [-0.4, -0.2) is 30.1 Å². The summed E-state index contributed by atoms with van der Waals surface area (Å²) in [6.07, 6.45) is 0.253. The molecule has 0 spiro atoms. The second-order valence-electron chi connectivity index (χ2n) is 9.07. The van der Waals surface area contributed by atoms with Crippen molar-refractivity contribution in [2.45, 2.75) is 32.8 Å². The van der Waals surface area contributed by atoms with Crippen LogP contribution in [0.1, 0.15) is 47.1 Å². The Bertz CT molecular complexity index is 1230. The van der Waals surface area contributed by atoms with Gasteiger partial charge >= 0.3 is 6.09 Å². The minimum atomic E-state index is -0.620. The van der Waals surface area contributed by atoms with Gasteiger partial charge in [-0.15, -0.1) is 0 Å². The fourth-order valence-corrected chi connectivity index (χ4v) is 3.76. The van der Waals surface area contributed by atoms with Crippen molar-refractivity contribution in [1.29, 1.82) is 0 Å². The van der Waals surface area contributed by atoms with Gasteiger partial charge in [0.15, 0.2) is 0 Å². The van der Waals surface area contributed by atoms with E-state index in [1.54, 1.807) is 74.2 Å². The molecule has 3 aromatic rings. The minimum absolute atomic E-state index is 0.0660. The molecule has 3 aromatic carbocycles. The van der Waals surface area contributed by atoms with Crippen molar-refractivity contribution in [2.75, 3.05) is 22.1 Å². The molecule has 0 atom stereocenters. The van der Waals surface area contributed by atoms with Gasteiger partial charge in [0.25, 0.3) is 11.8 Å². The Hall–Kier alpha value is -4.13. The van der Waals surface area contributed by atoms with E-state index in [9.17, 15) is 14.4 Å². The van der Waals surface area contributed by atoms with Crippen molar-refractivity contribution in [3.63, 3.8) is 0 Å². The Morgan fingerprint density at radius 2 is 1.56 bits per heavy atom. The lowest BCUT2D eigenvalue weighted by Crippen LogP contribution is -2.28. The highest BCUT2D eigenvalue weighted by atomic mass is 16.6. The fourth-order valence-electron chi connectivity index (χ4n) is 3.76. The van der Waals surface area contributed by atoms with E-state index in [0.717, 1.165) is 12.1 Å². The zero-order chi connectivity index (χ0) is 24.3. The number of nitrogens with zero attached hydrogens (tertiary/aromatic N) is 1. The number of hydrogen-bond donors (Lipinski definition) is 2. The maximum absolute atomic E-state index is 13.0. The van der Waals surface area contributed by atoms with Gasteiger partial charge < -0.3 is 15.0 Å². The number of rotatable bonds is 4. The van der Waals surface area contributed by atoms with Crippen LogP contribution in [0.15, 0.2) is 72.8 Å². The normalized spacial score (nSPS) is 12.6. The van der Waals surface area contributed by atoms with Crippen LogP contribution in [0, 0.1) is 0 Å². The fraction of sp³-hybridized carbons (Fsp3) is 0.222. The number of ether oxygens (including phenoxy) is 1. The zero-order valence-corrected chi connectivity index (χ0v) is 19.4. The molecule has 4 rings (SSSR count). The standard InChI is InChI=1S/C27H27N3O4/c1-27(2,3)34-26(33)29-22-9-6-8-20(17-22)24(31)28-21-13-11-19(12-14-21)25(32)30-16-15-18-7-4-5-10-23(18)30/h4-14,17H,15-16H2,1-3H3,(H,28,31)(H,29,33). The van der Waals surface area contributed by atoms with Gasteiger partial charge in [0.05, 0.1) is 0 Å². The van der Waals surface area contributed by atoms with Crippen LogP contribution in [0.25, 0.3) is 0 Å². The second kappa shape index (κ2) is 9.39. The molecule has 0 saturated carbocycles.